The lowest BCUT2D eigenvalue weighted by Gasteiger charge is -2.19. The molecule has 0 saturated heterocycles. The van der Waals surface area contributed by atoms with E-state index < -0.39 is 12.1 Å². The van der Waals surface area contributed by atoms with Gasteiger partial charge in [-0.05, 0) is 64.2 Å². The first-order chi connectivity index (χ1) is 40.2. The zero-order chi connectivity index (χ0) is 58.4. The van der Waals surface area contributed by atoms with Crippen molar-refractivity contribution in [2.75, 3.05) is 6.61 Å². The van der Waals surface area contributed by atoms with E-state index in [1.165, 1.54) is 360 Å². The molecule has 2 atom stereocenters. The molecule has 0 heterocycles. The number of rotatable bonds is 70. The van der Waals surface area contributed by atoms with Gasteiger partial charge in [-0.3, -0.25) is 4.79 Å². The van der Waals surface area contributed by atoms with Crippen LogP contribution in [0.3, 0.4) is 0 Å². The van der Waals surface area contributed by atoms with Gasteiger partial charge in [-0.15, -0.1) is 0 Å². The third-order valence-corrected chi connectivity index (χ3v) is 17.5. The predicted molar refractivity (Wildman–Crippen MR) is 364 cm³/mol. The molecule has 478 valence electrons. The summed E-state index contributed by atoms with van der Waals surface area (Å²) in [6, 6.07) is -0.640. The monoisotopic (exact) mass is 1130 g/mol. The van der Waals surface area contributed by atoms with Crippen LogP contribution in [-0.2, 0) is 4.79 Å². The van der Waals surface area contributed by atoms with E-state index in [2.05, 4.69) is 55.6 Å². The molecule has 0 aromatic rings. The normalized spacial score (nSPS) is 12.9. The molecule has 0 aromatic carbocycles. The number of carbonyl (C=O) groups is 1. The van der Waals surface area contributed by atoms with Crippen molar-refractivity contribution in [3.05, 3.63) is 48.6 Å². The average molecular weight is 1140 g/mol. The minimum absolute atomic E-state index is 0.0653. The van der Waals surface area contributed by atoms with Gasteiger partial charge in [0.2, 0.25) is 5.91 Å². The summed E-state index contributed by atoms with van der Waals surface area (Å²) in [6.45, 7) is 4.33. The van der Waals surface area contributed by atoms with E-state index in [0.29, 0.717) is 6.42 Å². The van der Waals surface area contributed by atoms with E-state index in [4.69, 9.17) is 0 Å². The highest BCUT2D eigenvalue weighted by Gasteiger charge is 2.18. The number of carbonyl (C=O) groups excluding carboxylic acids is 1. The lowest BCUT2D eigenvalue weighted by Crippen LogP contribution is -2.45. The molecule has 0 aliphatic carbocycles. The van der Waals surface area contributed by atoms with Crippen LogP contribution >= 0.6 is 0 Å². The fraction of sp³-hybridized carbons (Fsp3) is 0.883. The fourth-order valence-corrected chi connectivity index (χ4v) is 11.9. The molecule has 0 radical (unpaired) electrons. The Kier molecular flexibility index (Phi) is 71.1. The van der Waals surface area contributed by atoms with Gasteiger partial charge in [0.05, 0.1) is 18.8 Å². The standard InChI is InChI=1S/C77H147NO3/c1-3-5-7-9-11-13-15-17-19-21-23-25-27-29-31-33-35-37-38-39-40-41-43-45-47-49-51-53-55-57-59-61-63-65-67-69-71-73-77(81)78-75(74-79)76(80)72-70-68-66-64-62-60-58-56-54-52-50-48-46-44-42-36-34-32-30-28-26-24-22-20-18-16-14-12-10-8-6-4-2/h15,17,21,23,62,64,70,72,75-76,79-80H,3-14,16,18-20,22,24-61,63,65-69,71,73-74H2,1-2H3,(H,78,81)/b17-15-,23-21-,64-62+,72-70+. The lowest BCUT2D eigenvalue weighted by molar-refractivity contribution is -0.123. The topological polar surface area (TPSA) is 69.6 Å². The molecular formula is C77H147NO3. The third-order valence-electron chi connectivity index (χ3n) is 17.5. The van der Waals surface area contributed by atoms with Gasteiger partial charge in [-0.2, -0.15) is 0 Å². The Balaban J connectivity index is 3.43. The van der Waals surface area contributed by atoms with Gasteiger partial charge in [0.15, 0.2) is 0 Å². The highest BCUT2D eigenvalue weighted by atomic mass is 16.3. The third kappa shape index (κ3) is 69.0. The van der Waals surface area contributed by atoms with Gasteiger partial charge in [0.25, 0.3) is 0 Å². The van der Waals surface area contributed by atoms with Crippen LogP contribution in [0.5, 0.6) is 0 Å². The molecule has 0 fully saturated rings. The van der Waals surface area contributed by atoms with Gasteiger partial charge in [-0.25, -0.2) is 0 Å². The van der Waals surface area contributed by atoms with Crippen LogP contribution in [0.2, 0.25) is 0 Å². The summed E-state index contributed by atoms with van der Waals surface area (Å²) in [6.07, 6.45) is 102. The smallest absolute Gasteiger partial charge is 0.220 e. The molecule has 0 saturated carbocycles. The van der Waals surface area contributed by atoms with Crippen molar-refractivity contribution in [1.29, 1.82) is 0 Å². The summed E-state index contributed by atoms with van der Waals surface area (Å²) in [5.41, 5.74) is 0. The van der Waals surface area contributed by atoms with Crippen molar-refractivity contribution in [3.8, 4) is 0 Å². The molecule has 81 heavy (non-hydrogen) atoms. The number of nitrogens with one attached hydrogen (secondary N) is 1. The number of aliphatic hydroxyl groups is 2. The first kappa shape index (κ1) is 79.3. The second kappa shape index (κ2) is 72.6. The van der Waals surface area contributed by atoms with E-state index >= 15 is 0 Å². The molecule has 0 aliphatic heterocycles. The molecule has 4 heteroatoms. The second-order valence-corrected chi connectivity index (χ2v) is 25.7. The van der Waals surface area contributed by atoms with Crippen LogP contribution in [0.1, 0.15) is 418 Å². The molecule has 3 N–H and O–H groups in total. The first-order valence-electron chi connectivity index (χ1n) is 37.4. The van der Waals surface area contributed by atoms with E-state index in [-0.39, 0.29) is 12.5 Å². The van der Waals surface area contributed by atoms with Gasteiger partial charge >= 0.3 is 0 Å². The maximum absolute atomic E-state index is 12.6. The van der Waals surface area contributed by atoms with Gasteiger partial charge in [0, 0.05) is 6.42 Å². The number of hydrogen-bond donors (Lipinski definition) is 3. The number of hydrogen-bond acceptors (Lipinski definition) is 3. The van der Waals surface area contributed by atoms with Crippen molar-refractivity contribution in [3.63, 3.8) is 0 Å². The number of allylic oxidation sites excluding steroid dienone is 7. The summed E-state index contributed by atoms with van der Waals surface area (Å²) < 4.78 is 0. The van der Waals surface area contributed by atoms with E-state index in [0.717, 1.165) is 38.5 Å². The van der Waals surface area contributed by atoms with Crippen LogP contribution < -0.4 is 5.32 Å². The summed E-state index contributed by atoms with van der Waals surface area (Å²) in [5.74, 6) is -0.0653. The molecule has 4 nitrogen and oxygen atoms in total. The SMILES string of the molecule is CCCCCCC/C=C\C/C=C\CCCCCCCCCCCCCCCCCCCCCCCCCCCC(=O)NC(CO)C(O)/C=C/CC/C=C/CCCCCCCCCCCCCCCCCCCCCCCCCCCC. The first-order valence-corrected chi connectivity index (χ1v) is 37.4. The highest BCUT2D eigenvalue weighted by Crippen LogP contribution is 2.19. The maximum atomic E-state index is 12.6. The second-order valence-electron chi connectivity index (χ2n) is 25.7. The summed E-state index contributed by atoms with van der Waals surface area (Å²) in [7, 11) is 0. The molecule has 0 aliphatic rings. The molecule has 1 amide bonds. The Morgan fingerprint density at radius 1 is 0.296 bits per heavy atom. The van der Waals surface area contributed by atoms with Crippen molar-refractivity contribution in [2.24, 2.45) is 0 Å². The molecule has 0 rings (SSSR count). The number of amides is 1. The Morgan fingerprint density at radius 3 is 0.790 bits per heavy atom. The molecular weight excluding hydrogens is 987 g/mol. The number of unbranched alkanes of at least 4 members (excludes halogenated alkanes) is 57. The minimum Gasteiger partial charge on any atom is -0.394 e. The van der Waals surface area contributed by atoms with Crippen LogP contribution in [0.15, 0.2) is 48.6 Å². The van der Waals surface area contributed by atoms with Crippen LogP contribution in [0, 0.1) is 0 Å². The molecule has 2 unspecified atom stereocenters. The summed E-state index contributed by atoms with van der Waals surface area (Å²) in [5, 5.41) is 23.3. The van der Waals surface area contributed by atoms with E-state index in [1.807, 2.05) is 6.08 Å². The average Bonchev–Trinajstić information content (AvgIpc) is 3.47. The van der Waals surface area contributed by atoms with Crippen molar-refractivity contribution in [2.45, 2.75) is 431 Å². The Bertz CT molecular complexity index is 1290. The number of aliphatic hydroxyl groups excluding tert-OH is 2. The van der Waals surface area contributed by atoms with Crippen molar-refractivity contribution >= 4 is 5.91 Å². The van der Waals surface area contributed by atoms with Crippen LogP contribution in [0.25, 0.3) is 0 Å². The largest absolute Gasteiger partial charge is 0.394 e. The summed E-state index contributed by atoms with van der Waals surface area (Å²) >= 11 is 0. The highest BCUT2D eigenvalue weighted by molar-refractivity contribution is 5.76. The van der Waals surface area contributed by atoms with Gasteiger partial charge in [-0.1, -0.05) is 396 Å². The van der Waals surface area contributed by atoms with Crippen molar-refractivity contribution in [1.82, 2.24) is 5.32 Å². The molecule has 0 spiro atoms. The Morgan fingerprint density at radius 2 is 0.519 bits per heavy atom. The fourth-order valence-electron chi connectivity index (χ4n) is 11.9. The van der Waals surface area contributed by atoms with E-state index in [9.17, 15) is 15.0 Å². The zero-order valence-electron chi connectivity index (χ0n) is 55.3. The van der Waals surface area contributed by atoms with Gasteiger partial charge < -0.3 is 15.5 Å². The lowest BCUT2D eigenvalue weighted by atomic mass is 10.0. The molecule has 0 bridgehead atoms. The predicted octanol–water partition coefficient (Wildman–Crippen LogP) is 25.7. The Labute approximate surface area is 509 Å². The van der Waals surface area contributed by atoms with Crippen LogP contribution in [0.4, 0.5) is 0 Å². The van der Waals surface area contributed by atoms with Crippen molar-refractivity contribution < 1.29 is 15.0 Å². The van der Waals surface area contributed by atoms with E-state index in [1.54, 1.807) is 6.08 Å². The zero-order valence-corrected chi connectivity index (χ0v) is 55.3. The summed E-state index contributed by atoms with van der Waals surface area (Å²) in [4.78, 5) is 12.6. The van der Waals surface area contributed by atoms with Gasteiger partial charge in [0.1, 0.15) is 0 Å². The minimum atomic E-state index is -0.864. The molecule has 0 aromatic heterocycles. The van der Waals surface area contributed by atoms with Crippen LogP contribution in [-0.4, -0.2) is 34.9 Å². The quantitative estimate of drug-likeness (QED) is 0.0420. The Hall–Kier alpha value is -1.65. The maximum Gasteiger partial charge on any atom is 0.220 e.